The number of carbonyl (C=O) groups is 1. The molecule has 100 valence electrons. The minimum absolute atomic E-state index is 0.0986. The lowest BCUT2D eigenvalue weighted by Gasteiger charge is -2.18. The van der Waals surface area contributed by atoms with Crippen LogP contribution in [0.5, 0.6) is 5.75 Å². The van der Waals surface area contributed by atoms with Gasteiger partial charge in [-0.2, -0.15) is 0 Å². The standard InChI is InChI=1S/C16H12FNO2/c17-13-8-12(7-6-11-4-2-1-3-5-11)9-14-16(13)20-10-15(19)18-14/h1-9H,10H2,(H,18,19). The first kappa shape index (κ1) is 12.4. The zero-order valence-corrected chi connectivity index (χ0v) is 10.6. The third-order valence-corrected chi connectivity index (χ3v) is 2.96. The van der Waals surface area contributed by atoms with Crippen LogP contribution < -0.4 is 10.1 Å². The van der Waals surface area contributed by atoms with Crippen LogP contribution in [-0.2, 0) is 4.79 Å². The molecule has 0 aliphatic carbocycles. The van der Waals surface area contributed by atoms with Gasteiger partial charge in [-0.25, -0.2) is 4.39 Å². The molecule has 0 saturated heterocycles. The van der Waals surface area contributed by atoms with E-state index in [9.17, 15) is 9.18 Å². The summed E-state index contributed by atoms with van der Waals surface area (Å²) in [5.41, 5.74) is 2.05. The topological polar surface area (TPSA) is 38.3 Å². The van der Waals surface area contributed by atoms with Gasteiger partial charge < -0.3 is 10.1 Å². The highest BCUT2D eigenvalue weighted by molar-refractivity contribution is 5.96. The average Bonchev–Trinajstić information content (AvgIpc) is 2.46. The summed E-state index contributed by atoms with van der Waals surface area (Å²) in [6, 6.07) is 12.8. The van der Waals surface area contributed by atoms with Gasteiger partial charge in [0.25, 0.3) is 5.91 Å². The fourth-order valence-corrected chi connectivity index (χ4v) is 2.03. The van der Waals surface area contributed by atoms with Crippen molar-refractivity contribution in [2.75, 3.05) is 11.9 Å². The summed E-state index contributed by atoms with van der Waals surface area (Å²) in [5.74, 6) is -0.655. The summed E-state index contributed by atoms with van der Waals surface area (Å²) in [4.78, 5) is 11.3. The molecule has 0 spiro atoms. The van der Waals surface area contributed by atoms with Gasteiger partial charge in [0.2, 0.25) is 0 Å². The molecule has 1 aliphatic rings. The monoisotopic (exact) mass is 269 g/mol. The maximum Gasteiger partial charge on any atom is 0.262 e. The summed E-state index contributed by atoms with van der Waals surface area (Å²) in [7, 11) is 0. The first-order valence-corrected chi connectivity index (χ1v) is 6.22. The molecular weight excluding hydrogens is 257 g/mol. The molecule has 1 amide bonds. The van der Waals surface area contributed by atoms with Gasteiger partial charge in [-0.15, -0.1) is 0 Å². The Hall–Kier alpha value is -2.62. The fraction of sp³-hybridized carbons (Fsp3) is 0.0625. The Kier molecular flexibility index (Phi) is 3.21. The van der Waals surface area contributed by atoms with Crippen LogP contribution in [0.2, 0.25) is 0 Å². The number of fused-ring (bicyclic) bond motifs is 1. The van der Waals surface area contributed by atoms with Gasteiger partial charge in [-0.1, -0.05) is 42.5 Å². The van der Waals surface area contributed by atoms with E-state index in [4.69, 9.17) is 4.74 Å². The minimum Gasteiger partial charge on any atom is -0.478 e. The molecule has 0 bridgehead atoms. The van der Waals surface area contributed by atoms with Crippen molar-refractivity contribution in [2.24, 2.45) is 0 Å². The summed E-state index contributed by atoms with van der Waals surface area (Å²) in [6.07, 6.45) is 3.67. The van der Waals surface area contributed by atoms with E-state index in [0.29, 0.717) is 11.3 Å². The lowest BCUT2D eigenvalue weighted by atomic mass is 10.1. The van der Waals surface area contributed by atoms with E-state index in [1.165, 1.54) is 6.07 Å². The molecule has 2 aromatic carbocycles. The van der Waals surface area contributed by atoms with Gasteiger partial charge in [0.05, 0.1) is 5.69 Å². The molecule has 1 aliphatic heterocycles. The van der Waals surface area contributed by atoms with Crippen LogP contribution in [-0.4, -0.2) is 12.5 Å². The number of hydrogen-bond donors (Lipinski definition) is 1. The van der Waals surface area contributed by atoms with Gasteiger partial charge in [-0.3, -0.25) is 4.79 Å². The molecule has 0 aromatic heterocycles. The molecule has 3 nitrogen and oxygen atoms in total. The SMILES string of the molecule is O=C1COc2c(F)cc(C=Cc3ccccc3)cc2N1. The molecule has 0 fully saturated rings. The van der Waals surface area contributed by atoms with Crippen molar-refractivity contribution in [3.05, 3.63) is 59.4 Å². The smallest absolute Gasteiger partial charge is 0.262 e. The lowest BCUT2D eigenvalue weighted by Crippen LogP contribution is -2.26. The molecule has 0 saturated carbocycles. The quantitative estimate of drug-likeness (QED) is 0.849. The van der Waals surface area contributed by atoms with Crippen LogP contribution >= 0.6 is 0 Å². The second kappa shape index (κ2) is 5.17. The third-order valence-electron chi connectivity index (χ3n) is 2.96. The summed E-state index contributed by atoms with van der Waals surface area (Å²) in [5, 5.41) is 2.60. The van der Waals surface area contributed by atoms with Crippen LogP contribution in [0.3, 0.4) is 0 Å². The summed E-state index contributed by atoms with van der Waals surface area (Å²) < 4.78 is 18.9. The van der Waals surface area contributed by atoms with Crippen LogP contribution in [0.1, 0.15) is 11.1 Å². The summed E-state index contributed by atoms with van der Waals surface area (Å²) >= 11 is 0. The maximum atomic E-state index is 13.9. The first-order valence-electron chi connectivity index (χ1n) is 6.22. The second-order valence-corrected chi connectivity index (χ2v) is 4.46. The number of amides is 1. The molecule has 0 unspecified atom stereocenters. The number of ether oxygens (including phenoxy) is 1. The molecule has 4 heteroatoms. The molecule has 0 atom stereocenters. The highest BCUT2D eigenvalue weighted by Gasteiger charge is 2.19. The number of carbonyl (C=O) groups excluding carboxylic acids is 1. The van der Waals surface area contributed by atoms with Gasteiger partial charge in [0, 0.05) is 0 Å². The van der Waals surface area contributed by atoms with Gasteiger partial charge >= 0.3 is 0 Å². The minimum atomic E-state index is -0.477. The lowest BCUT2D eigenvalue weighted by molar-refractivity contribution is -0.118. The van der Waals surface area contributed by atoms with Crippen LogP contribution in [0.25, 0.3) is 12.2 Å². The first-order chi connectivity index (χ1) is 9.72. The highest BCUT2D eigenvalue weighted by Crippen LogP contribution is 2.32. The van der Waals surface area contributed by atoms with Crippen molar-refractivity contribution in [1.29, 1.82) is 0 Å². The second-order valence-electron chi connectivity index (χ2n) is 4.46. The third kappa shape index (κ3) is 2.54. The Bertz CT molecular complexity index is 680. The predicted octanol–water partition coefficient (Wildman–Crippen LogP) is 3.33. The van der Waals surface area contributed by atoms with E-state index in [0.717, 1.165) is 5.56 Å². The van der Waals surface area contributed by atoms with Crippen LogP contribution in [0.15, 0.2) is 42.5 Å². The van der Waals surface area contributed by atoms with Gasteiger partial charge in [-0.05, 0) is 23.3 Å². The Balaban J connectivity index is 1.91. The Morgan fingerprint density at radius 1 is 1.10 bits per heavy atom. The number of hydrogen-bond acceptors (Lipinski definition) is 2. The Morgan fingerprint density at radius 2 is 1.85 bits per heavy atom. The largest absolute Gasteiger partial charge is 0.478 e. The molecule has 3 rings (SSSR count). The number of halogens is 1. The van der Waals surface area contributed by atoms with E-state index in [2.05, 4.69) is 5.32 Å². The highest BCUT2D eigenvalue weighted by atomic mass is 19.1. The van der Waals surface area contributed by atoms with E-state index in [1.807, 2.05) is 36.4 Å². The molecule has 1 N–H and O–H groups in total. The van der Waals surface area contributed by atoms with Crippen molar-refractivity contribution in [3.8, 4) is 5.75 Å². The van der Waals surface area contributed by atoms with E-state index < -0.39 is 5.82 Å². The molecule has 20 heavy (non-hydrogen) atoms. The van der Waals surface area contributed by atoms with Crippen LogP contribution in [0.4, 0.5) is 10.1 Å². The van der Waals surface area contributed by atoms with Crippen molar-refractivity contribution < 1.29 is 13.9 Å². The average molecular weight is 269 g/mol. The van der Waals surface area contributed by atoms with Crippen LogP contribution in [0, 0.1) is 5.82 Å². The molecule has 0 radical (unpaired) electrons. The maximum absolute atomic E-state index is 13.9. The Morgan fingerprint density at radius 3 is 2.65 bits per heavy atom. The summed E-state index contributed by atoms with van der Waals surface area (Å²) in [6.45, 7) is -0.150. The van der Waals surface area contributed by atoms with E-state index >= 15 is 0 Å². The molecular formula is C16H12FNO2. The Labute approximate surface area is 115 Å². The number of rotatable bonds is 2. The number of anilines is 1. The molecule has 1 heterocycles. The fourth-order valence-electron chi connectivity index (χ4n) is 2.03. The number of nitrogens with one attached hydrogen (secondary N) is 1. The zero-order valence-electron chi connectivity index (χ0n) is 10.6. The predicted molar refractivity (Wildman–Crippen MR) is 75.9 cm³/mol. The molecule has 2 aromatic rings. The van der Waals surface area contributed by atoms with Crippen molar-refractivity contribution in [1.82, 2.24) is 0 Å². The van der Waals surface area contributed by atoms with E-state index in [-0.39, 0.29) is 18.3 Å². The zero-order chi connectivity index (χ0) is 13.9. The normalized spacial score (nSPS) is 13.8. The van der Waals surface area contributed by atoms with Crippen molar-refractivity contribution >= 4 is 23.7 Å². The van der Waals surface area contributed by atoms with Crippen molar-refractivity contribution in [2.45, 2.75) is 0 Å². The van der Waals surface area contributed by atoms with Crippen molar-refractivity contribution in [3.63, 3.8) is 0 Å². The van der Waals surface area contributed by atoms with E-state index in [1.54, 1.807) is 12.1 Å². The van der Waals surface area contributed by atoms with Gasteiger partial charge in [0.1, 0.15) is 0 Å². The van der Waals surface area contributed by atoms with Gasteiger partial charge in [0.15, 0.2) is 18.2 Å². The number of benzene rings is 2.